The number of aliphatic hydroxyl groups excluding tert-OH is 1. The molecular weight excluding hydrogens is 364 g/mol. The van der Waals surface area contributed by atoms with Gasteiger partial charge in [0.2, 0.25) is 0 Å². The summed E-state index contributed by atoms with van der Waals surface area (Å²) in [6.07, 6.45) is 13.1. The van der Waals surface area contributed by atoms with Crippen molar-refractivity contribution in [2.45, 2.75) is 112 Å². The third-order valence-corrected chi connectivity index (χ3v) is 11.1. The molecule has 0 bridgehead atoms. The van der Waals surface area contributed by atoms with Crippen LogP contribution >= 0.6 is 0 Å². The first-order valence-electron chi connectivity index (χ1n) is 13.2. The van der Waals surface area contributed by atoms with Crippen molar-refractivity contribution in [3.63, 3.8) is 0 Å². The van der Waals surface area contributed by atoms with Gasteiger partial charge >= 0.3 is 0 Å². The molecule has 3 saturated carbocycles. The van der Waals surface area contributed by atoms with Crippen LogP contribution in [-0.2, 0) is 0 Å². The van der Waals surface area contributed by atoms with E-state index in [1.165, 1.54) is 63.4 Å². The second kappa shape index (κ2) is 8.09. The summed E-state index contributed by atoms with van der Waals surface area (Å²) < 4.78 is 0. The number of fused-ring (bicyclic) bond motifs is 4. The second-order valence-electron chi connectivity index (χ2n) is 12.6. The molecule has 1 nitrogen and oxygen atoms in total. The highest BCUT2D eigenvalue weighted by atomic mass is 16.3. The van der Waals surface area contributed by atoms with Crippen LogP contribution in [0.4, 0.5) is 0 Å². The molecule has 4 aliphatic rings. The Kier molecular flexibility index (Phi) is 6.10. The number of rotatable bonds is 5. The molecule has 4 rings (SSSR count). The molecule has 0 heterocycles. The summed E-state index contributed by atoms with van der Waals surface area (Å²) in [6, 6.07) is 0. The van der Waals surface area contributed by atoms with Gasteiger partial charge in [0.1, 0.15) is 0 Å². The maximum Gasteiger partial charge on any atom is 0.0568 e. The lowest BCUT2D eigenvalue weighted by molar-refractivity contribution is -0.0779. The lowest BCUT2D eigenvalue weighted by Crippen LogP contribution is -2.51. The lowest BCUT2D eigenvalue weighted by atomic mass is 9.47. The SMILES string of the molecule is C=C(C)C(C)CC[C@@H](C)[C@H]1CCC2=C3CC[C@H]4[C@H](C)[C@@H](O)CC[C@]4(C)[C@H]3CC[C@@]21C. The van der Waals surface area contributed by atoms with E-state index in [1.807, 2.05) is 11.1 Å². The van der Waals surface area contributed by atoms with E-state index < -0.39 is 0 Å². The van der Waals surface area contributed by atoms with Gasteiger partial charge in [0.15, 0.2) is 0 Å². The molecule has 30 heavy (non-hydrogen) atoms. The van der Waals surface area contributed by atoms with Crippen molar-refractivity contribution < 1.29 is 5.11 Å². The molecule has 170 valence electrons. The normalized spacial score (nSPS) is 45.4. The zero-order valence-corrected chi connectivity index (χ0v) is 20.8. The van der Waals surface area contributed by atoms with Crippen LogP contribution < -0.4 is 0 Å². The van der Waals surface area contributed by atoms with Gasteiger partial charge in [0, 0.05) is 0 Å². The first kappa shape index (κ1) is 22.6. The fraction of sp³-hybridized carbons (Fsp3) is 0.862. The highest BCUT2D eigenvalue weighted by Crippen LogP contribution is 2.66. The first-order valence-corrected chi connectivity index (χ1v) is 13.2. The van der Waals surface area contributed by atoms with Crippen LogP contribution in [0.25, 0.3) is 0 Å². The first-order chi connectivity index (χ1) is 14.1. The summed E-state index contributed by atoms with van der Waals surface area (Å²) in [4.78, 5) is 0. The van der Waals surface area contributed by atoms with Crippen molar-refractivity contribution in [1.29, 1.82) is 0 Å². The van der Waals surface area contributed by atoms with Crippen LogP contribution in [0, 0.1) is 46.3 Å². The fourth-order valence-corrected chi connectivity index (χ4v) is 8.86. The van der Waals surface area contributed by atoms with Crippen molar-refractivity contribution in [3.05, 3.63) is 23.3 Å². The zero-order chi connectivity index (χ0) is 21.8. The van der Waals surface area contributed by atoms with Crippen LogP contribution in [0.2, 0.25) is 0 Å². The minimum absolute atomic E-state index is 0.0653. The Balaban J connectivity index is 1.55. The van der Waals surface area contributed by atoms with Crippen LogP contribution in [-0.4, -0.2) is 11.2 Å². The van der Waals surface area contributed by atoms with Crippen LogP contribution in [0.3, 0.4) is 0 Å². The third-order valence-electron chi connectivity index (χ3n) is 11.1. The predicted molar refractivity (Wildman–Crippen MR) is 128 cm³/mol. The summed E-state index contributed by atoms with van der Waals surface area (Å²) in [7, 11) is 0. The summed E-state index contributed by atoms with van der Waals surface area (Å²) in [5.74, 6) is 4.36. The Morgan fingerprint density at radius 3 is 2.50 bits per heavy atom. The summed E-state index contributed by atoms with van der Waals surface area (Å²) >= 11 is 0. The molecule has 0 amide bonds. The fourth-order valence-electron chi connectivity index (χ4n) is 8.86. The van der Waals surface area contributed by atoms with E-state index in [0.29, 0.717) is 22.7 Å². The van der Waals surface area contributed by atoms with Gasteiger partial charge in [-0.1, -0.05) is 57.9 Å². The molecule has 1 heteroatoms. The summed E-state index contributed by atoms with van der Waals surface area (Å²) in [5.41, 5.74) is 6.04. The molecule has 0 saturated heterocycles. The number of aliphatic hydroxyl groups is 1. The average molecular weight is 413 g/mol. The van der Waals surface area contributed by atoms with E-state index in [0.717, 1.165) is 30.1 Å². The molecule has 9 atom stereocenters. The Hall–Kier alpha value is -0.560. The Morgan fingerprint density at radius 1 is 1.07 bits per heavy atom. The maximum atomic E-state index is 10.5. The molecule has 0 aromatic carbocycles. The molecule has 4 aliphatic carbocycles. The largest absolute Gasteiger partial charge is 0.393 e. The average Bonchev–Trinajstić information content (AvgIpc) is 3.06. The molecular formula is C29H48O. The molecule has 3 fully saturated rings. The monoisotopic (exact) mass is 412 g/mol. The van der Waals surface area contributed by atoms with Crippen molar-refractivity contribution >= 4 is 0 Å². The van der Waals surface area contributed by atoms with Gasteiger partial charge in [-0.05, 0) is 117 Å². The van der Waals surface area contributed by atoms with Gasteiger partial charge in [-0.2, -0.15) is 0 Å². The van der Waals surface area contributed by atoms with Gasteiger partial charge in [-0.3, -0.25) is 0 Å². The van der Waals surface area contributed by atoms with Crippen molar-refractivity contribution in [3.8, 4) is 0 Å². The third kappa shape index (κ3) is 3.46. The quantitative estimate of drug-likeness (QED) is 0.454. The Morgan fingerprint density at radius 2 is 1.80 bits per heavy atom. The van der Waals surface area contributed by atoms with Gasteiger partial charge in [0.25, 0.3) is 0 Å². The Labute approximate surface area is 186 Å². The van der Waals surface area contributed by atoms with Crippen LogP contribution in [0.15, 0.2) is 23.3 Å². The molecule has 1 unspecified atom stereocenters. The lowest BCUT2D eigenvalue weighted by Gasteiger charge is -2.58. The highest BCUT2D eigenvalue weighted by molar-refractivity contribution is 5.35. The molecule has 0 aromatic rings. The molecule has 1 N–H and O–H groups in total. The summed E-state index contributed by atoms with van der Waals surface area (Å²) in [6.45, 7) is 18.8. The second-order valence-corrected chi connectivity index (χ2v) is 12.6. The van der Waals surface area contributed by atoms with E-state index in [4.69, 9.17) is 0 Å². The van der Waals surface area contributed by atoms with E-state index >= 15 is 0 Å². The minimum Gasteiger partial charge on any atom is -0.393 e. The van der Waals surface area contributed by atoms with Crippen LogP contribution in [0.5, 0.6) is 0 Å². The van der Waals surface area contributed by atoms with E-state index in [-0.39, 0.29) is 6.10 Å². The maximum absolute atomic E-state index is 10.5. The molecule has 0 aliphatic heterocycles. The number of hydrogen-bond acceptors (Lipinski definition) is 1. The highest BCUT2D eigenvalue weighted by Gasteiger charge is 2.56. The van der Waals surface area contributed by atoms with Gasteiger partial charge in [-0.25, -0.2) is 0 Å². The van der Waals surface area contributed by atoms with E-state index in [9.17, 15) is 5.11 Å². The predicted octanol–water partition coefficient (Wildman–Crippen LogP) is 7.94. The number of hydrogen-bond donors (Lipinski definition) is 1. The van der Waals surface area contributed by atoms with Crippen LogP contribution in [0.1, 0.15) is 106 Å². The Bertz CT molecular complexity index is 703. The topological polar surface area (TPSA) is 20.2 Å². The number of allylic oxidation sites excluding steroid dienone is 3. The van der Waals surface area contributed by atoms with Gasteiger partial charge < -0.3 is 5.11 Å². The van der Waals surface area contributed by atoms with Crippen molar-refractivity contribution in [2.75, 3.05) is 0 Å². The van der Waals surface area contributed by atoms with Gasteiger partial charge in [-0.15, -0.1) is 0 Å². The zero-order valence-electron chi connectivity index (χ0n) is 20.8. The molecule has 0 aromatic heterocycles. The smallest absolute Gasteiger partial charge is 0.0568 e. The van der Waals surface area contributed by atoms with E-state index in [1.54, 1.807) is 0 Å². The van der Waals surface area contributed by atoms with Gasteiger partial charge in [0.05, 0.1) is 6.10 Å². The van der Waals surface area contributed by atoms with Crippen molar-refractivity contribution in [2.24, 2.45) is 46.3 Å². The van der Waals surface area contributed by atoms with E-state index in [2.05, 4.69) is 48.1 Å². The molecule has 0 radical (unpaired) electrons. The standard InChI is InChI=1S/C29H48O/c1-18(2)19(3)8-9-20(4)23-12-13-25-22-10-11-24-21(5)27(30)15-17-29(24,7)26(22)14-16-28(23,25)6/h19-21,23-24,26-27,30H,1,8-17H2,2-7H3/t19?,20-,21+,23-,24+,26+,27+,28-,29+/m1/s1. The minimum atomic E-state index is -0.0653. The molecule has 0 spiro atoms. The van der Waals surface area contributed by atoms with Crippen molar-refractivity contribution in [1.82, 2.24) is 0 Å². The summed E-state index contributed by atoms with van der Waals surface area (Å²) in [5, 5.41) is 10.5.